The van der Waals surface area contributed by atoms with Crippen molar-refractivity contribution < 1.29 is 9.90 Å². The maximum Gasteiger partial charge on any atom is 0.326 e. The predicted octanol–water partition coefficient (Wildman–Crippen LogP) is 2.84. The van der Waals surface area contributed by atoms with Gasteiger partial charge in [0, 0.05) is 5.69 Å². The van der Waals surface area contributed by atoms with E-state index in [-0.39, 0.29) is 0 Å². The molecule has 92 valence electrons. The average Bonchev–Trinajstić information content (AvgIpc) is 2.35. The summed E-state index contributed by atoms with van der Waals surface area (Å²) < 4.78 is 0. The Kier molecular flexibility index (Phi) is 3.67. The van der Waals surface area contributed by atoms with Gasteiger partial charge in [0.1, 0.15) is 6.04 Å². The van der Waals surface area contributed by atoms with Gasteiger partial charge < -0.3 is 10.4 Å². The fourth-order valence-electron chi connectivity index (χ4n) is 2.44. The number of carboxylic acid groups (broad SMARTS) is 1. The first-order chi connectivity index (χ1) is 8.22. The van der Waals surface area contributed by atoms with Crippen LogP contribution in [0.4, 0.5) is 5.69 Å². The molecular formula is C14H19NO2. The molecule has 0 bridgehead atoms. The lowest BCUT2D eigenvalue weighted by molar-refractivity contribution is -0.137. The van der Waals surface area contributed by atoms with Crippen molar-refractivity contribution in [2.45, 2.75) is 45.1 Å². The van der Waals surface area contributed by atoms with E-state index in [1.54, 1.807) is 0 Å². The summed E-state index contributed by atoms with van der Waals surface area (Å²) in [6.07, 6.45) is 5.23. The van der Waals surface area contributed by atoms with Gasteiger partial charge in [-0.15, -0.1) is 0 Å². The van der Waals surface area contributed by atoms with E-state index < -0.39 is 12.0 Å². The molecule has 1 aliphatic rings. The number of benzene rings is 1. The first kappa shape index (κ1) is 12.0. The van der Waals surface area contributed by atoms with Crippen LogP contribution in [0.2, 0.25) is 0 Å². The van der Waals surface area contributed by atoms with E-state index in [0.717, 1.165) is 18.5 Å². The van der Waals surface area contributed by atoms with Crippen molar-refractivity contribution in [1.29, 1.82) is 0 Å². The summed E-state index contributed by atoms with van der Waals surface area (Å²) in [5.74, 6) is -0.777. The maximum atomic E-state index is 11.0. The Morgan fingerprint density at radius 3 is 2.88 bits per heavy atom. The minimum absolute atomic E-state index is 0.483. The van der Waals surface area contributed by atoms with Crippen molar-refractivity contribution in [3.63, 3.8) is 0 Å². The van der Waals surface area contributed by atoms with Gasteiger partial charge in [0.2, 0.25) is 0 Å². The molecule has 1 aliphatic carbocycles. The molecule has 0 saturated carbocycles. The fraction of sp³-hybridized carbons (Fsp3) is 0.500. The quantitative estimate of drug-likeness (QED) is 0.840. The molecule has 0 aromatic heterocycles. The van der Waals surface area contributed by atoms with E-state index in [9.17, 15) is 4.79 Å². The van der Waals surface area contributed by atoms with Gasteiger partial charge in [-0.2, -0.15) is 0 Å². The van der Waals surface area contributed by atoms with Crippen LogP contribution in [0, 0.1) is 0 Å². The second kappa shape index (κ2) is 5.21. The van der Waals surface area contributed by atoms with Gasteiger partial charge in [0.05, 0.1) is 0 Å². The topological polar surface area (TPSA) is 49.3 Å². The Morgan fingerprint density at radius 2 is 2.18 bits per heavy atom. The summed E-state index contributed by atoms with van der Waals surface area (Å²) in [6, 6.07) is 5.68. The van der Waals surface area contributed by atoms with E-state index in [0.29, 0.717) is 6.42 Å². The molecule has 0 spiro atoms. The third-order valence-corrected chi connectivity index (χ3v) is 3.43. The van der Waals surface area contributed by atoms with Gasteiger partial charge >= 0.3 is 5.97 Å². The van der Waals surface area contributed by atoms with Crippen molar-refractivity contribution in [3.8, 4) is 0 Å². The van der Waals surface area contributed by atoms with Crippen LogP contribution in [0.5, 0.6) is 0 Å². The minimum Gasteiger partial charge on any atom is -0.480 e. The van der Waals surface area contributed by atoms with Crippen molar-refractivity contribution in [1.82, 2.24) is 0 Å². The summed E-state index contributed by atoms with van der Waals surface area (Å²) >= 11 is 0. The lowest BCUT2D eigenvalue weighted by atomic mass is 9.90. The lowest BCUT2D eigenvalue weighted by Crippen LogP contribution is -2.29. The number of hydrogen-bond donors (Lipinski definition) is 2. The Hall–Kier alpha value is -1.51. The van der Waals surface area contributed by atoms with Crippen LogP contribution < -0.4 is 5.32 Å². The zero-order chi connectivity index (χ0) is 12.3. The number of carbonyl (C=O) groups is 1. The van der Waals surface area contributed by atoms with Gasteiger partial charge in [-0.3, -0.25) is 0 Å². The second-order valence-electron chi connectivity index (χ2n) is 4.59. The third kappa shape index (κ3) is 2.60. The van der Waals surface area contributed by atoms with Crippen molar-refractivity contribution >= 4 is 11.7 Å². The number of rotatable bonds is 4. The number of aliphatic carboxylic acids is 1. The summed E-state index contributed by atoms with van der Waals surface area (Å²) in [7, 11) is 0. The summed E-state index contributed by atoms with van der Waals surface area (Å²) in [5, 5.41) is 12.2. The summed E-state index contributed by atoms with van der Waals surface area (Å²) in [5.41, 5.74) is 3.70. The summed E-state index contributed by atoms with van der Waals surface area (Å²) in [4.78, 5) is 11.0. The van der Waals surface area contributed by atoms with E-state index in [2.05, 4.69) is 11.4 Å². The molecule has 0 aliphatic heterocycles. The molecule has 2 N–H and O–H groups in total. The Morgan fingerprint density at radius 1 is 1.41 bits per heavy atom. The minimum atomic E-state index is -0.777. The molecule has 0 radical (unpaired) electrons. The molecule has 2 rings (SSSR count). The normalized spacial score (nSPS) is 16.1. The van der Waals surface area contributed by atoms with Gasteiger partial charge in [-0.25, -0.2) is 4.79 Å². The Bertz CT molecular complexity index is 415. The monoisotopic (exact) mass is 233 g/mol. The number of hydrogen-bond acceptors (Lipinski definition) is 2. The highest BCUT2D eigenvalue weighted by molar-refractivity contribution is 5.77. The molecule has 0 amide bonds. The molecule has 17 heavy (non-hydrogen) atoms. The zero-order valence-electron chi connectivity index (χ0n) is 10.2. The van der Waals surface area contributed by atoms with Gasteiger partial charge in [0.15, 0.2) is 0 Å². The smallest absolute Gasteiger partial charge is 0.326 e. The van der Waals surface area contributed by atoms with Crippen LogP contribution in [0.1, 0.15) is 37.3 Å². The lowest BCUT2D eigenvalue weighted by Gasteiger charge is -2.22. The number of carboxylic acids is 1. The highest BCUT2D eigenvalue weighted by Gasteiger charge is 2.18. The summed E-state index contributed by atoms with van der Waals surface area (Å²) in [6.45, 7) is 1.89. The molecule has 3 nitrogen and oxygen atoms in total. The largest absolute Gasteiger partial charge is 0.480 e. The molecule has 3 heteroatoms. The Balaban J connectivity index is 2.23. The molecule has 1 atom stereocenters. The average molecular weight is 233 g/mol. The van der Waals surface area contributed by atoms with E-state index >= 15 is 0 Å². The van der Waals surface area contributed by atoms with E-state index in [1.807, 2.05) is 19.1 Å². The number of aryl methyl sites for hydroxylation is 1. The van der Waals surface area contributed by atoms with Gasteiger partial charge in [-0.05, 0) is 49.3 Å². The molecule has 1 unspecified atom stereocenters. The fourth-order valence-corrected chi connectivity index (χ4v) is 2.44. The van der Waals surface area contributed by atoms with Crippen LogP contribution in [0.25, 0.3) is 0 Å². The third-order valence-electron chi connectivity index (χ3n) is 3.43. The van der Waals surface area contributed by atoms with Crippen LogP contribution in [-0.4, -0.2) is 17.1 Å². The van der Waals surface area contributed by atoms with Gasteiger partial charge in [-0.1, -0.05) is 19.1 Å². The first-order valence-electron chi connectivity index (χ1n) is 6.32. The molecular weight excluding hydrogens is 214 g/mol. The van der Waals surface area contributed by atoms with E-state index in [4.69, 9.17) is 5.11 Å². The van der Waals surface area contributed by atoms with Crippen LogP contribution in [-0.2, 0) is 17.6 Å². The number of fused-ring (bicyclic) bond motifs is 1. The van der Waals surface area contributed by atoms with Crippen LogP contribution in [0.15, 0.2) is 18.2 Å². The van der Waals surface area contributed by atoms with Crippen LogP contribution >= 0.6 is 0 Å². The molecule has 0 fully saturated rings. The highest BCUT2D eigenvalue weighted by Crippen LogP contribution is 2.28. The molecule has 0 saturated heterocycles. The van der Waals surface area contributed by atoms with Crippen molar-refractivity contribution in [2.75, 3.05) is 5.32 Å². The predicted molar refractivity (Wildman–Crippen MR) is 68.4 cm³/mol. The van der Waals surface area contributed by atoms with Crippen molar-refractivity contribution in [2.24, 2.45) is 0 Å². The number of nitrogens with one attached hydrogen (secondary N) is 1. The highest BCUT2D eigenvalue weighted by atomic mass is 16.4. The van der Waals surface area contributed by atoms with E-state index in [1.165, 1.54) is 24.0 Å². The standard InChI is InChI=1S/C14H19NO2/c1-2-12(14(16)17)15-13-9-5-7-10-6-3-4-8-11(10)13/h5,7,9,12,15H,2-4,6,8H2,1H3,(H,16,17). The molecule has 0 heterocycles. The zero-order valence-corrected chi connectivity index (χ0v) is 10.2. The maximum absolute atomic E-state index is 11.0. The second-order valence-corrected chi connectivity index (χ2v) is 4.59. The number of anilines is 1. The van der Waals surface area contributed by atoms with Crippen LogP contribution in [0.3, 0.4) is 0 Å². The molecule has 1 aromatic carbocycles. The Labute approximate surface area is 102 Å². The first-order valence-corrected chi connectivity index (χ1v) is 6.32. The SMILES string of the molecule is CCC(Nc1cccc2c1CCCC2)C(=O)O. The van der Waals surface area contributed by atoms with Crippen molar-refractivity contribution in [3.05, 3.63) is 29.3 Å². The molecule has 1 aromatic rings. The van der Waals surface area contributed by atoms with Gasteiger partial charge in [0.25, 0.3) is 0 Å².